The van der Waals surface area contributed by atoms with Gasteiger partial charge < -0.3 is 0 Å². The highest BCUT2D eigenvalue weighted by Crippen LogP contribution is 2.26. The van der Waals surface area contributed by atoms with E-state index in [0.29, 0.717) is 0 Å². The Morgan fingerprint density at radius 1 is 1.12 bits per heavy atom. The molecule has 1 fully saturated rings. The van der Waals surface area contributed by atoms with E-state index in [2.05, 4.69) is 10.5 Å². The number of rotatable bonds is 5. The van der Waals surface area contributed by atoms with Crippen molar-refractivity contribution in [2.24, 2.45) is 5.10 Å². The lowest BCUT2D eigenvalue weighted by Crippen LogP contribution is -2.39. The molecule has 6 nitrogen and oxygen atoms in total. The maximum atomic E-state index is 12.2. The number of carbonyl (C=O) groups is 1. The van der Waals surface area contributed by atoms with Crippen LogP contribution in [0.15, 0.2) is 23.3 Å². The van der Waals surface area contributed by atoms with E-state index in [0.717, 1.165) is 42.0 Å². The lowest BCUT2D eigenvalue weighted by atomic mass is 10.2. The summed E-state index contributed by atoms with van der Waals surface area (Å²) in [5.41, 5.74) is 3.64. The normalized spacial score (nSPS) is 15.4. The van der Waals surface area contributed by atoms with Gasteiger partial charge in [0.2, 0.25) is 10.0 Å². The Labute approximate surface area is 158 Å². The molecule has 0 atom stereocenters. The van der Waals surface area contributed by atoms with Gasteiger partial charge in [0.05, 0.1) is 11.9 Å². The summed E-state index contributed by atoms with van der Waals surface area (Å²) in [5, 5.41) is 4.73. The number of carbonyl (C=O) groups excluding carboxylic acids is 1. The van der Waals surface area contributed by atoms with Crippen molar-refractivity contribution in [3.63, 3.8) is 0 Å². The van der Waals surface area contributed by atoms with Gasteiger partial charge in [0.1, 0.15) is 6.54 Å². The lowest BCUT2D eigenvalue weighted by molar-refractivity contribution is -0.119. The average Bonchev–Trinajstić information content (AvgIpc) is 2.77. The minimum atomic E-state index is -3.69. The molecule has 1 amide bonds. The molecule has 2 rings (SSSR count). The zero-order valence-electron chi connectivity index (χ0n) is 14.0. The van der Waals surface area contributed by atoms with Crippen molar-refractivity contribution in [1.82, 2.24) is 5.43 Å². The molecule has 1 N–H and O–H groups in total. The van der Waals surface area contributed by atoms with Crippen molar-refractivity contribution in [3.05, 3.63) is 28.2 Å². The highest BCUT2D eigenvalue weighted by atomic mass is 35.5. The van der Waals surface area contributed by atoms with E-state index in [1.165, 1.54) is 31.0 Å². The van der Waals surface area contributed by atoms with Gasteiger partial charge in [-0.3, -0.25) is 9.10 Å². The zero-order chi connectivity index (χ0) is 18.4. The minimum absolute atomic E-state index is 0.234. The van der Waals surface area contributed by atoms with E-state index < -0.39 is 22.5 Å². The molecule has 0 bridgehead atoms. The molecular weight excluding hydrogens is 385 g/mol. The molecule has 138 valence electrons. The van der Waals surface area contributed by atoms with Crippen LogP contribution in [0.5, 0.6) is 0 Å². The first-order chi connectivity index (χ1) is 11.8. The fourth-order valence-electron chi connectivity index (χ4n) is 2.64. The van der Waals surface area contributed by atoms with Crippen molar-refractivity contribution < 1.29 is 13.2 Å². The van der Waals surface area contributed by atoms with E-state index in [4.69, 9.17) is 23.2 Å². The number of nitrogens with zero attached hydrogens (tertiary/aromatic N) is 2. The van der Waals surface area contributed by atoms with Crippen LogP contribution < -0.4 is 9.73 Å². The zero-order valence-corrected chi connectivity index (χ0v) is 16.3. The van der Waals surface area contributed by atoms with Gasteiger partial charge in [0, 0.05) is 15.8 Å². The van der Waals surface area contributed by atoms with Crippen LogP contribution >= 0.6 is 23.2 Å². The second-order valence-corrected chi connectivity index (χ2v) is 8.80. The van der Waals surface area contributed by atoms with E-state index in [9.17, 15) is 13.2 Å². The first kappa shape index (κ1) is 20.0. The molecule has 1 aliphatic rings. The summed E-state index contributed by atoms with van der Waals surface area (Å²) < 4.78 is 25.1. The number of hydrogen-bond donors (Lipinski definition) is 1. The van der Waals surface area contributed by atoms with E-state index in [1.54, 1.807) is 0 Å². The molecule has 1 saturated carbocycles. The molecule has 1 aromatic rings. The molecule has 0 unspecified atom stereocenters. The summed E-state index contributed by atoms with van der Waals surface area (Å²) in [5.74, 6) is -0.515. The summed E-state index contributed by atoms with van der Waals surface area (Å²) in [6.45, 7) is -0.397. The number of hydrazone groups is 1. The molecule has 0 aromatic heterocycles. The second kappa shape index (κ2) is 8.87. The summed E-state index contributed by atoms with van der Waals surface area (Å²) in [6.07, 6.45) is 7.21. The molecule has 1 aromatic carbocycles. The van der Waals surface area contributed by atoms with E-state index in [-0.39, 0.29) is 15.7 Å². The van der Waals surface area contributed by atoms with Crippen LogP contribution in [0.25, 0.3) is 0 Å². The van der Waals surface area contributed by atoms with Crippen molar-refractivity contribution in [2.45, 2.75) is 38.5 Å². The monoisotopic (exact) mass is 405 g/mol. The van der Waals surface area contributed by atoms with Crippen molar-refractivity contribution in [1.29, 1.82) is 0 Å². The standard InChI is InChI=1S/C16H21Cl2N3O3S/c1-25(23,24)21(15-9-12(17)8-13(18)10-15)11-16(22)20-19-14-6-4-2-3-5-7-14/h8-10H,2-7,11H2,1H3,(H,20,22). The summed E-state index contributed by atoms with van der Waals surface area (Å²) in [4.78, 5) is 12.2. The van der Waals surface area contributed by atoms with Crippen molar-refractivity contribution >= 4 is 50.5 Å². The Kier molecular flexibility index (Phi) is 7.10. The fraction of sp³-hybridized carbons (Fsp3) is 0.500. The Hall–Kier alpha value is -1.31. The topological polar surface area (TPSA) is 78.8 Å². The summed E-state index contributed by atoms with van der Waals surface area (Å²) in [7, 11) is -3.69. The van der Waals surface area contributed by atoms with Gasteiger partial charge in [-0.05, 0) is 43.9 Å². The number of hydrogen-bond acceptors (Lipinski definition) is 4. The molecule has 0 heterocycles. The predicted octanol–water partition coefficient (Wildman–Crippen LogP) is 3.59. The third-order valence-electron chi connectivity index (χ3n) is 3.84. The Morgan fingerprint density at radius 2 is 1.68 bits per heavy atom. The van der Waals surface area contributed by atoms with Crippen molar-refractivity contribution in [3.8, 4) is 0 Å². The van der Waals surface area contributed by atoms with Crippen LogP contribution in [0.3, 0.4) is 0 Å². The second-order valence-electron chi connectivity index (χ2n) is 6.02. The van der Waals surface area contributed by atoms with Crippen LogP contribution in [-0.4, -0.2) is 32.8 Å². The number of halogens is 2. The molecule has 0 aliphatic heterocycles. The summed E-state index contributed by atoms with van der Waals surface area (Å²) >= 11 is 11.9. The number of sulfonamides is 1. The molecule has 0 radical (unpaired) electrons. The predicted molar refractivity (Wildman–Crippen MR) is 102 cm³/mol. The molecule has 1 aliphatic carbocycles. The quantitative estimate of drug-likeness (QED) is 0.600. The van der Waals surface area contributed by atoms with Gasteiger partial charge in [0.15, 0.2) is 0 Å². The van der Waals surface area contributed by atoms with Crippen LogP contribution in [0.4, 0.5) is 5.69 Å². The SMILES string of the molecule is CS(=O)(=O)N(CC(=O)NN=C1CCCCCC1)c1cc(Cl)cc(Cl)c1. The molecule has 25 heavy (non-hydrogen) atoms. The maximum Gasteiger partial charge on any atom is 0.260 e. The van der Waals surface area contributed by atoms with Crippen LogP contribution in [-0.2, 0) is 14.8 Å². The van der Waals surface area contributed by atoms with Crippen molar-refractivity contribution in [2.75, 3.05) is 17.1 Å². The molecular formula is C16H21Cl2N3O3S. The smallest absolute Gasteiger partial charge is 0.260 e. The minimum Gasteiger partial charge on any atom is -0.271 e. The number of amides is 1. The maximum absolute atomic E-state index is 12.2. The van der Waals surface area contributed by atoms with Crippen LogP contribution in [0.1, 0.15) is 38.5 Å². The highest BCUT2D eigenvalue weighted by Gasteiger charge is 2.21. The van der Waals surface area contributed by atoms with Gasteiger partial charge in [-0.1, -0.05) is 36.0 Å². The van der Waals surface area contributed by atoms with Crippen LogP contribution in [0, 0.1) is 0 Å². The average molecular weight is 406 g/mol. The molecule has 0 saturated heterocycles. The fourth-order valence-corrected chi connectivity index (χ4v) is 3.99. The lowest BCUT2D eigenvalue weighted by Gasteiger charge is -2.21. The first-order valence-corrected chi connectivity index (χ1v) is 10.6. The van der Waals surface area contributed by atoms with Gasteiger partial charge in [-0.2, -0.15) is 5.10 Å². The Morgan fingerprint density at radius 3 is 2.20 bits per heavy atom. The Balaban J connectivity index is 2.11. The van der Waals surface area contributed by atoms with Gasteiger partial charge in [0.25, 0.3) is 5.91 Å². The third-order valence-corrected chi connectivity index (χ3v) is 5.42. The van der Waals surface area contributed by atoms with E-state index >= 15 is 0 Å². The van der Waals surface area contributed by atoms with Gasteiger partial charge in [-0.15, -0.1) is 0 Å². The number of anilines is 1. The third kappa shape index (κ3) is 6.49. The molecule has 0 spiro atoms. The Bertz CT molecular complexity index is 736. The van der Waals surface area contributed by atoms with E-state index in [1.807, 2.05) is 0 Å². The number of nitrogens with one attached hydrogen (secondary N) is 1. The van der Waals surface area contributed by atoms with Crippen LogP contribution in [0.2, 0.25) is 10.0 Å². The van der Waals surface area contributed by atoms with Gasteiger partial charge >= 0.3 is 0 Å². The first-order valence-electron chi connectivity index (χ1n) is 8.04. The number of benzene rings is 1. The van der Waals surface area contributed by atoms with Gasteiger partial charge in [-0.25, -0.2) is 13.8 Å². The highest BCUT2D eigenvalue weighted by molar-refractivity contribution is 7.92. The summed E-state index contributed by atoms with van der Waals surface area (Å²) in [6, 6.07) is 4.38. The largest absolute Gasteiger partial charge is 0.271 e. The molecule has 9 heteroatoms.